The summed E-state index contributed by atoms with van der Waals surface area (Å²) in [6.07, 6.45) is 0.250. The number of carbonyl (C=O) groups excluding carboxylic acids is 1. The van der Waals surface area contributed by atoms with Crippen LogP contribution in [0.1, 0.15) is 16.9 Å². The van der Waals surface area contributed by atoms with E-state index in [1.807, 2.05) is 31.3 Å². The summed E-state index contributed by atoms with van der Waals surface area (Å²) in [7, 11) is 1.83. The molecule has 1 aliphatic rings. The molecule has 1 aliphatic heterocycles. The number of β-amino-alcohol motifs (C(OH)–C–C–N with tert-alkyl or cyclic N) is 1. The summed E-state index contributed by atoms with van der Waals surface area (Å²) in [4.78, 5) is 14.0. The Morgan fingerprint density at radius 1 is 1.44 bits per heavy atom. The van der Waals surface area contributed by atoms with Gasteiger partial charge in [0.2, 0.25) is 0 Å². The van der Waals surface area contributed by atoms with E-state index in [0.717, 1.165) is 10.9 Å². The molecule has 1 fully saturated rings. The number of carbonyl (C=O) groups is 1. The molecule has 1 N–H and O–H groups in total. The highest BCUT2D eigenvalue weighted by Crippen LogP contribution is 2.20. The van der Waals surface area contributed by atoms with Crippen LogP contribution in [0.3, 0.4) is 0 Å². The lowest BCUT2D eigenvalue weighted by molar-refractivity contribution is 0.0760. The SMILES string of the molecule is Cn1nc(C(=O)N2CCC(O)C2)c2ccccc21. The first-order valence-corrected chi connectivity index (χ1v) is 6.06. The van der Waals surface area contributed by atoms with Crippen LogP contribution < -0.4 is 0 Å². The van der Waals surface area contributed by atoms with Crippen molar-refractivity contribution in [2.24, 2.45) is 7.05 Å². The molecule has 2 aromatic rings. The first-order chi connectivity index (χ1) is 8.66. The molecule has 1 aromatic carbocycles. The number of hydrogen-bond donors (Lipinski definition) is 1. The van der Waals surface area contributed by atoms with Crippen molar-refractivity contribution in [3.8, 4) is 0 Å². The Kier molecular flexibility index (Phi) is 2.56. The van der Waals surface area contributed by atoms with Gasteiger partial charge >= 0.3 is 0 Å². The van der Waals surface area contributed by atoms with E-state index in [-0.39, 0.29) is 5.91 Å². The molecule has 0 spiro atoms. The number of hydrogen-bond acceptors (Lipinski definition) is 3. The number of fused-ring (bicyclic) bond motifs is 1. The molecule has 2 heterocycles. The van der Waals surface area contributed by atoms with E-state index in [2.05, 4.69) is 5.10 Å². The minimum absolute atomic E-state index is 0.0941. The fourth-order valence-corrected chi connectivity index (χ4v) is 2.45. The largest absolute Gasteiger partial charge is 0.391 e. The van der Waals surface area contributed by atoms with Crippen LogP contribution in [-0.2, 0) is 7.05 Å². The first kappa shape index (κ1) is 11.2. The van der Waals surface area contributed by atoms with E-state index < -0.39 is 6.10 Å². The normalized spacial score (nSPS) is 19.7. The Hall–Kier alpha value is -1.88. The van der Waals surface area contributed by atoms with Crippen LogP contribution in [0, 0.1) is 0 Å². The topological polar surface area (TPSA) is 58.4 Å². The highest BCUT2D eigenvalue weighted by Gasteiger charge is 2.28. The van der Waals surface area contributed by atoms with Gasteiger partial charge in [-0.3, -0.25) is 9.48 Å². The lowest BCUT2D eigenvalue weighted by Crippen LogP contribution is -2.30. The van der Waals surface area contributed by atoms with Gasteiger partial charge in [0.1, 0.15) is 0 Å². The van der Waals surface area contributed by atoms with Gasteiger partial charge in [-0.25, -0.2) is 0 Å². The highest BCUT2D eigenvalue weighted by molar-refractivity contribution is 6.04. The lowest BCUT2D eigenvalue weighted by Gasteiger charge is -2.13. The zero-order valence-corrected chi connectivity index (χ0v) is 10.2. The molecular formula is C13H15N3O2. The second-order valence-corrected chi connectivity index (χ2v) is 4.68. The maximum Gasteiger partial charge on any atom is 0.275 e. The number of rotatable bonds is 1. The fourth-order valence-electron chi connectivity index (χ4n) is 2.45. The number of nitrogens with zero attached hydrogens (tertiary/aromatic N) is 3. The average molecular weight is 245 g/mol. The molecule has 0 radical (unpaired) electrons. The minimum atomic E-state index is -0.399. The van der Waals surface area contributed by atoms with E-state index >= 15 is 0 Å². The molecule has 1 saturated heterocycles. The molecule has 18 heavy (non-hydrogen) atoms. The molecule has 3 rings (SSSR count). The summed E-state index contributed by atoms with van der Waals surface area (Å²) in [6, 6.07) is 7.68. The van der Waals surface area contributed by atoms with Crippen LogP contribution in [0.25, 0.3) is 10.9 Å². The second kappa shape index (κ2) is 4.10. The molecule has 94 valence electrons. The highest BCUT2D eigenvalue weighted by atomic mass is 16.3. The monoisotopic (exact) mass is 245 g/mol. The molecular weight excluding hydrogens is 230 g/mol. The van der Waals surface area contributed by atoms with Crippen molar-refractivity contribution in [1.82, 2.24) is 14.7 Å². The number of aromatic nitrogens is 2. The standard InChI is InChI=1S/C13H15N3O2/c1-15-11-5-3-2-4-10(11)12(14-15)13(18)16-7-6-9(17)8-16/h2-5,9,17H,6-8H2,1H3. The van der Waals surface area contributed by atoms with Gasteiger partial charge in [0.15, 0.2) is 5.69 Å². The van der Waals surface area contributed by atoms with Crippen molar-refractivity contribution in [1.29, 1.82) is 0 Å². The van der Waals surface area contributed by atoms with Gasteiger partial charge in [-0.2, -0.15) is 5.10 Å². The zero-order valence-electron chi connectivity index (χ0n) is 10.2. The third-order valence-corrected chi connectivity index (χ3v) is 3.41. The maximum absolute atomic E-state index is 12.4. The summed E-state index contributed by atoms with van der Waals surface area (Å²) in [5.74, 6) is -0.0941. The fraction of sp³-hybridized carbons (Fsp3) is 0.385. The van der Waals surface area contributed by atoms with Gasteiger partial charge < -0.3 is 10.0 Å². The first-order valence-electron chi connectivity index (χ1n) is 6.06. The van der Waals surface area contributed by atoms with E-state index in [9.17, 15) is 9.90 Å². The van der Waals surface area contributed by atoms with E-state index in [1.165, 1.54) is 0 Å². The predicted molar refractivity (Wildman–Crippen MR) is 67.2 cm³/mol. The zero-order chi connectivity index (χ0) is 12.7. The van der Waals surface area contributed by atoms with Gasteiger partial charge in [0.25, 0.3) is 5.91 Å². The smallest absolute Gasteiger partial charge is 0.275 e. The van der Waals surface area contributed by atoms with Crippen molar-refractivity contribution in [2.45, 2.75) is 12.5 Å². The van der Waals surface area contributed by atoms with Gasteiger partial charge in [0, 0.05) is 25.5 Å². The van der Waals surface area contributed by atoms with Crippen molar-refractivity contribution in [3.05, 3.63) is 30.0 Å². The minimum Gasteiger partial charge on any atom is -0.391 e. The number of aliphatic hydroxyl groups is 1. The molecule has 1 atom stereocenters. The van der Waals surface area contributed by atoms with Crippen LogP contribution in [0.5, 0.6) is 0 Å². The van der Waals surface area contributed by atoms with E-state index in [1.54, 1.807) is 9.58 Å². The van der Waals surface area contributed by atoms with Gasteiger partial charge in [-0.15, -0.1) is 0 Å². The molecule has 5 heteroatoms. The summed E-state index contributed by atoms with van der Waals surface area (Å²) in [5, 5.41) is 14.7. The summed E-state index contributed by atoms with van der Waals surface area (Å²) in [6.45, 7) is 1.01. The van der Waals surface area contributed by atoms with Crippen molar-refractivity contribution in [2.75, 3.05) is 13.1 Å². The summed E-state index contributed by atoms with van der Waals surface area (Å²) >= 11 is 0. The number of aryl methyl sites for hydroxylation is 1. The molecule has 0 bridgehead atoms. The van der Waals surface area contributed by atoms with Gasteiger partial charge in [-0.05, 0) is 12.5 Å². The summed E-state index contributed by atoms with van der Waals surface area (Å²) < 4.78 is 1.72. The number of likely N-dealkylation sites (tertiary alicyclic amines) is 1. The Bertz CT molecular complexity index is 605. The van der Waals surface area contributed by atoms with Crippen LogP contribution in [0.15, 0.2) is 24.3 Å². The maximum atomic E-state index is 12.4. The molecule has 1 aromatic heterocycles. The Morgan fingerprint density at radius 2 is 2.22 bits per heavy atom. The van der Waals surface area contributed by atoms with Crippen LogP contribution >= 0.6 is 0 Å². The van der Waals surface area contributed by atoms with Crippen molar-refractivity contribution < 1.29 is 9.90 Å². The van der Waals surface area contributed by atoms with Crippen LogP contribution in [0.2, 0.25) is 0 Å². The summed E-state index contributed by atoms with van der Waals surface area (Å²) in [5.41, 5.74) is 1.42. The number of aliphatic hydroxyl groups excluding tert-OH is 1. The van der Waals surface area contributed by atoms with Gasteiger partial charge in [0.05, 0.1) is 11.6 Å². The van der Waals surface area contributed by atoms with Crippen molar-refractivity contribution >= 4 is 16.8 Å². The second-order valence-electron chi connectivity index (χ2n) is 4.68. The molecule has 1 amide bonds. The quantitative estimate of drug-likeness (QED) is 0.807. The van der Waals surface area contributed by atoms with Crippen molar-refractivity contribution in [3.63, 3.8) is 0 Å². The number of amides is 1. The van der Waals surface area contributed by atoms with E-state index in [4.69, 9.17) is 0 Å². The van der Waals surface area contributed by atoms with Gasteiger partial charge in [-0.1, -0.05) is 18.2 Å². The molecule has 1 unspecified atom stereocenters. The van der Waals surface area contributed by atoms with Crippen LogP contribution in [-0.4, -0.2) is 44.9 Å². The third-order valence-electron chi connectivity index (χ3n) is 3.41. The number of para-hydroxylation sites is 1. The van der Waals surface area contributed by atoms with Crippen LogP contribution in [0.4, 0.5) is 0 Å². The lowest BCUT2D eigenvalue weighted by atomic mass is 10.2. The molecule has 0 aliphatic carbocycles. The number of benzene rings is 1. The Labute approximate surface area is 105 Å². The predicted octanol–water partition coefficient (Wildman–Crippen LogP) is 0.780. The Balaban J connectivity index is 2.02. The molecule has 0 saturated carbocycles. The Morgan fingerprint density at radius 3 is 2.94 bits per heavy atom. The van der Waals surface area contributed by atoms with E-state index in [0.29, 0.717) is 25.2 Å². The molecule has 5 nitrogen and oxygen atoms in total. The third kappa shape index (κ3) is 1.67. The average Bonchev–Trinajstić information content (AvgIpc) is 2.94.